The Morgan fingerprint density at radius 1 is 0.532 bits per heavy atom. The summed E-state index contributed by atoms with van der Waals surface area (Å²) in [4.78, 5) is 35.0. The van der Waals surface area contributed by atoms with E-state index in [9.17, 15) is 29.3 Å². The Morgan fingerprint density at radius 3 is 1.40 bits per heavy atom. The van der Waals surface area contributed by atoms with E-state index in [1.165, 1.54) is 0 Å². The Hall–Kier alpha value is -4.19. The van der Waals surface area contributed by atoms with Crippen LogP contribution in [0.4, 0.5) is 0 Å². The van der Waals surface area contributed by atoms with Gasteiger partial charge in [0, 0.05) is 12.8 Å². The van der Waals surface area contributed by atoms with Crippen molar-refractivity contribution in [3.63, 3.8) is 0 Å². The highest BCUT2D eigenvalue weighted by molar-refractivity contribution is 7.47. The zero-order valence-electron chi connectivity index (χ0n) is 37.1. The summed E-state index contributed by atoms with van der Waals surface area (Å²) < 4.78 is 32.4. The van der Waals surface area contributed by atoms with Crippen LogP contribution >= 0.6 is 7.82 Å². The van der Waals surface area contributed by atoms with E-state index in [-0.39, 0.29) is 19.3 Å². The van der Waals surface area contributed by atoms with Gasteiger partial charge < -0.3 is 29.7 Å². The monoisotopic (exact) mass is 883 g/mol. The number of ether oxygens (including phenoxy) is 2. The number of hydrogen-bond donors (Lipinski definition) is 4. The lowest BCUT2D eigenvalue weighted by molar-refractivity contribution is -0.161. The first-order chi connectivity index (χ1) is 30.1. The van der Waals surface area contributed by atoms with Gasteiger partial charge in [0.25, 0.3) is 0 Å². The first kappa shape index (κ1) is 57.8. The van der Waals surface area contributed by atoms with Crippen LogP contribution < -0.4 is 0 Å². The molecule has 0 spiro atoms. The SMILES string of the molecule is CC/C=C\C/C=C\C/C=C\C/C=C\C/C=C\C=C/C(O)CCC(=O)O[C@H](COC(=O)CC/C=C\C/C=C\C/C=C\C/C=C\C/C=C\C/C=C\CC)COP(=O)(O)OC[C@@H](O)CO. The van der Waals surface area contributed by atoms with Crippen LogP contribution in [0.15, 0.2) is 146 Å². The van der Waals surface area contributed by atoms with Crippen molar-refractivity contribution in [2.24, 2.45) is 0 Å². The van der Waals surface area contributed by atoms with Crippen molar-refractivity contribution in [2.75, 3.05) is 26.4 Å². The molecular weight excluding hydrogens is 808 g/mol. The molecule has 0 aliphatic heterocycles. The molecule has 0 aromatic rings. The number of hydrogen-bond acceptors (Lipinski definition) is 10. The fourth-order valence-corrected chi connectivity index (χ4v) is 5.56. The van der Waals surface area contributed by atoms with Crippen molar-refractivity contribution in [2.45, 2.75) is 128 Å². The highest BCUT2D eigenvalue weighted by atomic mass is 31.2. The highest BCUT2D eigenvalue weighted by Crippen LogP contribution is 2.43. The summed E-state index contributed by atoms with van der Waals surface area (Å²) >= 11 is 0. The third-order valence-electron chi connectivity index (χ3n) is 8.12. The summed E-state index contributed by atoms with van der Waals surface area (Å²) in [6.07, 6.45) is 55.8. The number of carbonyl (C=O) groups is 2. The minimum atomic E-state index is -4.72. The minimum absolute atomic E-state index is 0.0417. The first-order valence-corrected chi connectivity index (χ1v) is 23.4. The lowest BCUT2D eigenvalue weighted by Gasteiger charge is -2.20. The van der Waals surface area contributed by atoms with Gasteiger partial charge in [0.1, 0.15) is 12.7 Å². The van der Waals surface area contributed by atoms with Gasteiger partial charge in [-0.05, 0) is 83.5 Å². The molecule has 4 atom stereocenters. The van der Waals surface area contributed by atoms with E-state index < -0.39 is 64.5 Å². The first-order valence-electron chi connectivity index (χ1n) is 21.9. The second-order valence-corrected chi connectivity index (χ2v) is 15.3. The molecule has 0 saturated carbocycles. The van der Waals surface area contributed by atoms with Gasteiger partial charge >= 0.3 is 19.8 Å². The number of allylic oxidation sites excluding steroid dienone is 23. The number of aliphatic hydroxyl groups excluding tert-OH is 3. The minimum Gasteiger partial charge on any atom is -0.462 e. The summed E-state index contributed by atoms with van der Waals surface area (Å²) in [6.45, 7) is 1.75. The normalized spacial score (nSPS) is 15.6. The molecule has 0 rings (SSSR count). The molecule has 0 aliphatic carbocycles. The third kappa shape index (κ3) is 42.5. The van der Waals surface area contributed by atoms with Crippen LogP contribution in [0, 0.1) is 0 Å². The quantitative estimate of drug-likeness (QED) is 0.0201. The molecule has 4 N–H and O–H groups in total. The van der Waals surface area contributed by atoms with Crippen LogP contribution in [0.2, 0.25) is 0 Å². The zero-order valence-corrected chi connectivity index (χ0v) is 38.0. The molecule has 0 amide bonds. The number of phosphoric ester groups is 1. The van der Waals surface area contributed by atoms with Crippen molar-refractivity contribution >= 4 is 19.8 Å². The topological polar surface area (TPSA) is 169 Å². The fraction of sp³-hybridized carbons (Fsp3) is 0.480. The average molecular weight is 883 g/mol. The zero-order chi connectivity index (χ0) is 45.6. The summed E-state index contributed by atoms with van der Waals surface area (Å²) in [5, 5.41) is 28.7. The van der Waals surface area contributed by atoms with E-state index >= 15 is 0 Å². The Morgan fingerprint density at radius 2 is 0.952 bits per heavy atom. The molecule has 346 valence electrons. The molecule has 62 heavy (non-hydrogen) atoms. The van der Waals surface area contributed by atoms with Gasteiger partial charge in [-0.2, -0.15) is 0 Å². The maximum absolute atomic E-state index is 12.6. The second kappa shape index (κ2) is 43.5. The maximum Gasteiger partial charge on any atom is 0.472 e. The van der Waals surface area contributed by atoms with Gasteiger partial charge in [-0.15, -0.1) is 0 Å². The molecule has 0 fully saturated rings. The van der Waals surface area contributed by atoms with Gasteiger partial charge in [-0.3, -0.25) is 18.6 Å². The Balaban J connectivity index is 4.68. The molecule has 0 saturated heterocycles. The van der Waals surface area contributed by atoms with E-state index in [0.717, 1.165) is 64.2 Å². The van der Waals surface area contributed by atoms with Crippen LogP contribution in [0.1, 0.15) is 110 Å². The smallest absolute Gasteiger partial charge is 0.462 e. The Bertz CT molecular complexity index is 1540. The molecule has 0 heterocycles. The molecule has 12 heteroatoms. The molecule has 0 aromatic heterocycles. The molecule has 0 aromatic carbocycles. The molecule has 2 unspecified atom stereocenters. The summed E-state index contributed by atoms with van der Waals surface area (Å²) in [5.41, 5.74) is 0. The number of esters is 2. The van der Waals surface area contributed by atoms with E-state index in [4.69, 9.17) is 19.1 Å². The molecular formula is C50H75O11P. The van der Waals surface area contributed by atoms with E-state index in [1.807, 2.05) is 24.3 Å². The number of carbonyl (C=O) groups excluding carboxylic acids is 2. The van der Waals surface area contributed by atoms with Crippen molar-refractivity contribution in [3.05, 3.63) is 146 Å². The van der Waals surface area contributed by atoms with Crippen molar-refractivity contribution < 1.29 is 52.9 Å². The third-order valence-corrected chi connectivity index (χ3v) is 9.07. The van der Waals surface area contributed by atoms with Crippen LogP contribution in [0.5, 0.6) is 0 Å². The van der Waals surface area contributed by atoms with Crippen LogP contribution in [-0.2, 0) is 32.7 Å². The van der Waals surface area contributed by atoms with Crippen LogP contribution in [0.25, 0.3) is 0 Å². The second-order valence-electron chi connectivity index (χ2n) is 13.8. The van der Waals surface area contributed by atoms with Crippen LogP contribution in [-0.4, -0.2) is 76.9 Å². The van der Waals surface area contributed by atoms with Gasteiger partial charge in [0.15, 0.2) is 6.10 Å². The van der Waals surface area contributed by atoms with Crippen molar-refractivity contribution in [1.82, 2.24) is 0 Å². The predicted octanol–water partition coefficient (Wildman–Crippen LogP) is 10.9. The van der Waals surface area contributed by atoms with Crippen molar-refractivity contribution in [3.8, 4) is 0 Å². The van der Waals surface area contributed by atoms with Gasteiger partial charge in [-0.25, -0.2) is 4.57 Å². The molecule has 11 nitrogen and oxygen atoms in total. The van der Waals surface area contributed by atoms with Gasteiger partial charge in [0.2, 0.25) is 0 Å². The lowest BCUT2D eigenvalue weighted by Crippen LogP contribution is -2.30. The highest BCUT2D eigenvalue weighted by Gasteiger charge is 2.27. The number of rotatable bonds is 38. The fourth-order valence-electron chi connectivity index (χ4n) is 4.77. The lowest BCUT2D eigenvalue weighted by atomic mass is 10.2. The van der Waals surface area contributed by atoms with Gasteiger partial charge in [-0.1, -0.05) is 160 Å². The molecule has 0 bridgehead atoms. The van der Waals surface area contributed by atoms with E-state index in [0.29, 0.717) is 12.8 Å². The molecule has 0 aliphatic rings. The Labute approximate surface area is 372 Å². The predicted molar refractivity (Wildman–Crippen MR) is 252 cm³/mol. The maximum atomic E-state index is 12.6. The van der Waals surface area contributed by atoms with Crippen molar-refractivity contribution in [1.29, 1.82) is 0 Å². The summed E-state index contributed by atoms with van der Waals surface area (Å²) in [7, 11) is -4.72. The summed E-state index contributed by atoms with van der Waals surface area (Å²) in [5.74, 6) is -1.32. The largest absolute Gasteiger partial charge is 0.472 e. The number of phosphoric acid groups is 1. The van der Waals surface area contributed by atoms with Gasteiger partial charge in [0.05, 0.1) is 25.9 Å². The summed E-state index contributed by atoms with van der Waals surface area (Å²) in [6, 6.07) is 0. The van der Waals surface area contributed by atoms with E-state index in [1.54, 1.807) is 18.2 Å². The molecule has 0 radical (unpaired) electrons. The van der Waals surface area contributed by atoms with Crippen LogP contribution in [0.3, 0.4) is 0 Å². The standard InChI is InChI=1S/C50H75O11P/c1-3-5-7-9-11-13-15-17-19-21-22-23-25-27-29-31-33-35-37-39-49(54)58-44-48(45-60-62(56,57)59-43-47(53)42-51)61-50(55)41-40-46(52)38-36-34-32-30-28-26-24-20-18-16-14-12-10-8-6-4-2/h5-8,11-14,17-20,22-23,26-29,32-36,38,46-48,51-53H,3-4,9-10,15-16,21,24-25,30-31,37,39-45H2,1-2H3,(H,56,57)/b7-5-,8-6-,13-11-,14-12-,19-17-,20-18-,23-22-,28-26-,29-27-,34-32-,35-33-,38-36-/t46?,47-,48+/m0/s1. The Kier molecular flexibility index (Phi) is 40.5. The van der Waals surface area contributed by atoms with E-state index in [2.05, 4.69) is 122 Å². The average Bonchev–Trinajstić information content (AvgIpc) is 3.26. The number of aliphatic hydroxyl groups is 3.